The van der Waals surface area contributed by atoms with Gasteiger partial charge in [-0.25, -0.2) is 4.98 Å². The topological polar surface area (TPSA) is 73.3 Å². The molecule has 3 aromatic heterocycles. The van der Waals surface area contributed by atoms with E-state index in [2.05, 4.69) is 15.1 Å². The van der Waals surface area contributed by atoms with Gasteiger partial charge < -0.3 is 13.7 Å². The number of halogens is 4. The van der Waals surface area contributed by atoms with Crippen LogP contribution in [-0.2, 0) is 23.8 Å². The molecule has 10 heteroatoms. The normalized spacial score (nSPS) is 11.4. The molecule has 0 aliphatic carbocycles. The fourth-order valence-electron chi connectivity index (χ4n) is 3.28. The van der Waals surface area contributed by atoms with E-state index in [1.54, 1.807) is 18.2 Å². The smallest absolute Gasteiger partial charge is 0.332 e. The van der Waals surface area contributed by atoms with Crippen LogP contribution in [0.1, 0.15) is 43.9 Å². The van der Waals surface area contributed by atoms with Gasteiger partial charge in [0, 0.05) is 24.4 Å². The van der Waals surface area contributed by atoms with Gasteiger partial charge in [-0.15, -0.1) is 0 Å². The third-order valence-corrected chi connectivity index (χ3v) is 5.03. The molecular formula is C23H22ClF3N4O2. The molecule has 0 aliphatic rings. The highest BCUT2D eigenvalue weighted by atomic mass is 35.5. The average molecular weight is 479 g/mol. The molecule has 174 valence electrons. The number of carbonyl (C=O) groups excluding carboxylic acids is 1. The number of imidazole rings is 1. The molecule has 0 spiro atoms. The van der Waals surface area contributed by atoms with Gasteiger partial charge in [-0.2, -0.15) is 18.2 Å². The number of nitrogens with zero attached hydrogens (tertiary/aromatic N) is 4. The number of aldehydes is 1. The van der Waals surface area contributed by atoms with E-state index in [0.29, 0.717) is 34.6 Å². The lowest BCUT2D eigenvalue weighted by Gasteiger charge is -2.10. The summed E-state index contributed by atoms with van der Waals surface area (Å²) in [6, 6.07) is 6.16. The maximum Gasteiger partial charge on any atom is 0.417 e. The van der Waals surface area contributed by atoms with Gasteiger partial charge in [0.05, 0.1) is 10.6 Å². The quantitative estimate of drug-likeness (QED) is 0.298. The van der Waals surface area contributed by atoms with Crippen molar-refractivity contribution in [2.75, 3.05) is 0 Å². The molecule has 1 aromatic carbocycles. The molecule has 4 aromatic rings. The number of pyridine rings is 1. The molecule has 0 aliphatic heterocycles. The van der Waals surface area contributed by atoms with Crippen LogP contribution in [0, 0.1) is 0 Å². The van der Waals surface area contributed by atoms with Crippen LogP contribution in [0.25, 0.3) is 28.6 Å². The van der Waals surface area contributed by atoms with Crippen LogP contribution >= 0.6 is 11.6 Å². The Morgan fingerprint density at radius 3 is 2.55 bits per heavy atom. The second-order valence-electron chi connectivity index (χ2n) is 6.97. The van der Waals surface area contributed by atoms with E-state index in [1.165, 1.54) is 10.6 Å². The van der Waals surface area contributed by atoms with E-state index >= 15 is 0 Å². The molecule has 0 radical (unpaired) electrons. The highest BCUT2D eigenvalue weighted by Crippen LogP contribution is 2.33. The Hall–Kier alpha value is -3.20. The summed E-state index contributed by atoms with van der Waals surface area (Å²) in [5.74, 6) is 0.266. The van der Waals surface area contributed by atoms with Crippen LogP contribution in [0.15, 0.2) is 41.2 Å². The maximum absolute atomic E-state index is 13.3. The van der Waals surface area contributed by atoms with Gasteiger partial charge in [-0.05, 0) is 35.7 Å². The number of alkyl halides is 3. The minimum Gasteiger partial charge on any atom is -0.332 e. The first-order valence-corrected chi connectivity index (χ1v) is 10.8. The predicted octanol–water partition coefficient (Wildman–Crippen LogP) is 6.44. The first-order chi connectivity index (χ1) is 15.8. The van der Waals surface area contributed by atoms with Crippen molar-refractivity contribution in [2.24, 2.45) is 0 Å². The summed E-state index contributed by atoms with van der Waals surface area (Å²) in [6.45, 7) is 5.88. The highest BCUT2D eigenvalue weighted by molar-refractivity contribution is 6.33. The largest absolute Gasteiger partial charge is 0.417 e. The van der Waals surface area contributed by atoms with Gasteiger partial charge in [0.15, 0.2) is 0 Å². The van der Waals surface area contributed by atoms with Gasteiger partial charge in [-0.3, -0.25) is 0 Å². The van der Waals surface area contributed by atoms with E-state index in [4.69, 9.17) is 16.1 Å². The molecular weight excluding hydrogens is 457 g/mol. The zero-order valence-electron chi connectivity index (χ0n) is 18.3. The van der Waals surface area contributed by atoms with E-state index in [1.807, 2.05) is 20.8 Å². The van der Waals surface area contributed by atoms with Crippen molar-refractivity contribution in [2.45, 2.75) is 46.2 Å². The number of benzene rings is 1. The van der Waals surface area contributed by atoms with Gasteiger partial charge in [-0.1, -0.05) is 50.0 Å². The van der Waals surface area contributed by atoms with Gasteiger partial charge in [0.2, 0.25) is 5.82 Å². The van der Waals surface area contributed by atoms with Crippen molar-refractivity contribution < 1.29 is 22.5 Å². The first kappa shape index (κ1) is 24.4. The van der Waals surface area contributed by atoms with Crippen LogP contribution in [0.2, 0.25) is 5.02 Å². The number of hydrogen-bond donors (Lipinski definition) is 0. The molecule has 3 heterocycles. The van der Waals surface area contributed by atoms with Crippen molar-refractivity contribution in [3.63, 3.8) is 0 Å². The van der Waals surface area contributed by atoms with Crippen LogP contribution in [0.4, 0.5) is 13.2 Å². The SMILES string of the molecule is CC.CCCc1cc(C(F)(F)F)cn2cc(-c3nc(-c4ccc(CC=O)cc4Cl)no3)nc12. The monoisotopic (exact) mass is 478 g/mol. The molecule has 0 fully saturated rings. The van der Waals surface area contributed by atoms with Crippen LogP contribution in [0.5, 0.6) is 0 Å². The molecule has 0 unspecified atom stereocenters. The minimum atomic E-state index is -4.47. The molecule has 0 atom stereocenters. The molecule has 0 saturated carbocycles. The summed E-state index contributed by atoms with van der Waals surface area (Å²) in [5.41, 5.74) is 1.64. The minimum absolute atomic E-state index is 0.0581. The average Bonchev–Trinajstić information content (AvgIpc) is 3.42. The van der Waals surface area contributed by atoms with Gasteiger partial charge >= 0.3 is 6.18 Å². The maximum atomic E-state index is 13.3. The molecule has 4 rings (SSSR count). The predicted molar refractivity (Wildman–Crippen MR) is 119 cm³/mol. The second kappa shape index (κ2) is 10.2. The lowest BCUT2D eigenvalue weighted by Crippen LogP contribution is -2.08. The lowest BCUT2D eigenvalue weighted by molar-refractivity contribution is -0.137. The Balaban J connectivity index is 0.00000149. The summed E-state index contributed by atoms with van der Waals surface area (Å²) in [6.07, 6.45) is 0.0767. The van der Waals surface area contributed by atoms with Crippen molar-refractivity contribution >= 4 is 23.5 Å². The third kappa shape index (κ3) is 5.24. The summed E-state index contributed by atoms with van der Waals surface area (Å²) in [4.78, 5) is 19.4. The fourth-order valence-corrected chi connectivity index (χ4v) is 3.57. The number of rotatable bonds is 6. The Kier molecular flexibility index (Phi) is 7.53. The zero-order chi connectivity index (χ0) is 24.2. The second-order valence-corrected chi connectivity index (χ2v) is 7.37. The molecule has 6 nitrogen and oxygen atoms in total. The van der Waals surface area contributed by atoms with Crippen LogP contribution < -0.4 is 0 Å². The van der Waals surface area contributed by atoms with Crippen molar-refractivity contribution in [3.05, 3.63) is 58.4 Å². The Bertz CT molecular complexity index is 1260. The number of aryl methyl sites for hydroxylation is 1. The van der Waals surface area contributed by atoms with E-state index in [0.717, 1.165) is 24.1 Å². The molecule has 0 bridgehead atoms. The van der Waals surface area contributed by atoms with E-state index in [-0.39, 0.29) is 23.8 Å². The number of fused-ring (bicyclic) bond motifs is 1. The van der Waals surface area contributed by atoms with Crippen LogP contribution in [-0.4, -0.2) is 25.8 Å². The van der Waals surface area contributed by atoms with Gasteiger partial charge in [0.1, 0.15) is 17.6 Å². The number of carbonyl (C=O) groups is 1. The molecule has 0 N–H and O–H groups in total. The molecule has 0 saturated heterocycles. The van der Waals surface area contributed by atoms with Gasteiger partial charge in [0.25, 0.3) is 5.89 Å². The van der Waals surface area contributed by atoms with Crippen LogP contribution in [0.3, 0.4) is 0 Å². The summed E-state index contributed by atoms with van der Waals surface area (Å²) < 4.78 is 46.4. The highest BCUT2D eigenvalue weighted by Gasteiger charge is 2.32. The fraction of sp³-hybridized carbons (Fsp3) is 0.304. The standard InChI is InChI=1S/C21H16ClF3N4O2.C2H6/c1-2-3-13-9-14(21(23,24)25)10-29-11-17(26-19(13)29)20-27-18(28-31-20)15-5-4-12(6-7-30)8-16(15)22;1-2/h4-5,7-11H,2-3,6H2,1H3;1-2H3. The summed E-state index contributed by atoms with van der Waals surface area (Å²) in [5, 5.41) is 4.26. The van der Waals surface area contributed by atoms with Crippen molar-refractivity contribution in [3.8, 4) is 23.0 Å². The Morgan fingerprint density at radius 2 is 1.91 bits per heavy atom. The van der Waals surface area contributed by atoms with E-state index in [9.17, 15) is 18.0 Å². The lowest BCUT2D eigenvalue weighted by atomic mass is 10.1. The Labute approximate surface area is 193 Å². The van der Waals surface area contributed by atoms with Crippen molar-refractivity contribution in [1.29, 1.82) is 0 Å². The third-order valence-electron chi connectivity index (χ3n) is 4.71. The molecule has 33 heavy (non-hydrogen) atoms. The van der Waals surface area contributed by atoms with E-state index < -0.39 is 11.7 Å². The zero-order valence-corrected chi connectivity index (χ0v) is 19.0. The Morgan fingerprint density at radius 1 is 1.15 bits per heavy atom. The first-order valence-electron chi connectivity index (χ1n) is 10.5. The summed E-state index contributed by atoms with van der Waals surface area (Å²) in [7, 11) is 0. The van der Waals surface area contributed by atoms with Crippen molar-refractivity contribution in [1.82, 2.24) is 19.5 Å². The number of aromatic nitrogens is 4. The number of hydrogen-bond acceptors (Lipinski definition) is 5. The summed E-state index contributed by atoms with van der Waals surface area (Å²) >= 11 is 6.27. The molecule has 0 amide bonds.